The fraction of sp³-hybridized carbons (Fsp3) is 0. The Labute approximate surface area is 116 Å². The summed E-state index contributed by atoms with van der Waals surface area (Å²) in [4.78, 5) is 20.5. The van der Waals surface area contributed by atoms with E-state index in [1.54, 1.807) is 0 Å². The third-order valence-corrected chi connectivity index (χ3v) is 2.53. The van der Waals surface area contributed by atoms with E-state index in [9.17, 15) is 23.7 Å². The minimum absolute atomic E-state index is 0.259. The lowest BCUT2D eigenvalue weighted by Gasteiger charge is -2.09. The number of aromatic carboxylic acids is 1. The monoisotopic (exact) mass is 295 g/mol. The van der Waals surface area contributed by atoms with Gasteiger partial charge in [0.05, 0.1) is 4.92 Å². The summed E-state index contributed by atoms with van der Waals surface area (Å²) in [5.41, 5.74) is -1.22. The second-order valence-corrected chi connectivity index (χ2v) is 3.89. The average molecular weight is 295 g/mol. The Bertz CT molecular complexity index is 732. The molecule has 0 aliphatic carbocycles. The lowest BCUT2D eigenvalue weighted by molar-refractivity contribution is -0.387. The quantitative estimate of drug-likeness (QED) is 0.690. The van der Waals surface area contributed by atoms with Crippen LogP contribution >= 0.6 is 0 Å². The molecule has 0 atom stereocenters. The third-order valence-electron chi connectivity index (χ3n) is 2.53. The van der Waals surface area contributed by atoms with E-state index in [0.717, 1.165) is 24.3 Å². The van der Waals surface area contributed by atoms with Crippen molar-refractivity contribution in [1.29, 1.82) is 0 Å². The zero-order valence-corrected chi connectivity index (χ0v) is 10.2. The van der Waals surface area contributed by atoms with Crippen LogP contribution in [0.15, 0.2) is 36.4 Å². The van der Waals surface area contributed by atoms with Crippen LogP contribution in [0.4, 0.5) is 14.5 Å². The van der Waals surface area contributed by atoms with E-state index < -0.39 is 39.5 Å². The molecule has 0 aliphatic heterocycles. The van der Waals surface area contributed by atoms with E-state index in [1.165, 1.54) is 6.07 Å². The van der Waals surface area contributed by atoms with Crippen molar-refractivity contribution in [2.24, 2.45) is 0 Å². The minimum Gasteiger partial charge on any atom is -0.478 e. The number of para-hydroxylation sites is 1. The molecule has 0 unspecified atom stereocenters. The van der Waals surface area contributed by atoms with Gasteiger partial charge in [-0.2, -0.15) is 4.39 Å². The van der Waals surface area contributed by atoms with Crippen LogP contribution in [0, 0.1) is 21.7 Å². The fourth-order valence-corrected chi connectivity index (χ4v) is 1.60. The number of hydrogen-bond donors (Lipinski definition) is 1. The number of rotatable bonds is 4. The number of nitro groups is 1. The summed E-state index contributed by atoms with van der Waals surface area (Å²) >= 11 is 0. The van der Waals surface area contributed by atoms with Gasteiger partial charge in [0.25, 0.3) is 0 Å². The maximum absolute atomic E-state index is 13.6. The summed E-state index contributed by atoms with van der Waals surface area (Å²) in [5.74, 6) is -4.41. The number of halogens is 2. The van der Waals surface area contributed by atoms with Crippen molar-refractivity contribution in [2.45, 2.75) is 0 Å². The molecule has 6 nitrogen and oxygen atoms in total. The molecule has 0 aliphatic rings. The summed E-state index contributed by atoms with van der Waals surface area (Å²) in [6.07, 6.45) is 0. The number of nitro benzene ring substituents is 1. The first-order chi connectivity index (χ1) is 9.90. The maximum atomic E-state index is 13.6. The van der Waals surface area contributed by atoms with Crippen LogP contribution in [0.3, 0.4) is 0 Å². The molecule has 0 radical (unpaired) electrons. The Morgan fingerprint density at radius 3 is 2.48 bits per heavy atom. The van der Waals surface area contributed by atoms with Gasteiger partial charge in [-0.1, -0.05) is 6.07 Å². The Morgan fingerprint density at radius 1 is 1.19 bits per heavy atom. The molecule has 21 heavy (non-hydrogen) atoms. The van der Waals surface area contributed by atoms with E-state index >= 15 is 0 Å². The second-order valence-electron chi connectivity index (χ2n) is 3.89. The third kappa shape index (κ3) is 2.94. The van der Waals surface area contributed by atoms with E-state index in [4.69, 9.17) is 9.84 Å². The highest BCUT2D eigenvalue weighted by molar-refractivity contribution is 5.91. The van der Waals surface area contributed by atoms with Gasteiger partial charge in [-0.15, -0.1) is 0 Å². The summed E-state index contributed by atoms with van der Waals surface area (Å²) < 4.78 is 32.0. The molecule has 0 heterocycles. The number of nitrogens with zero attached hydrogens (tertiary/aromatic N) is 1. The van der Waals surface area contributed by atoms with Gasteiger partial charge in [0, 0.05) is 12.1 Å². The number of benzene rings is 2. The van der Waals surface area contributed by atoms with Gasteiger partial charge >= 0.3 is 11.7 Å². The normalized spacial score (nSPS) is 10.2. The van der Waals surface area contributed by atoms with Crippen LogP contribution in [0.1, 0.15) is 10.4 Å². The first kappa shape index (κ1) is 14.4. The van der Waals surface area contributed by atoms with Crippen LogP contribution < -0.4 is 4.74 Å². The Balaban J connectivity index is 2.41. The van der Waals surface area contributed by atoms with Crippen molar-refractivity contribution < 1.29 is 28.3 Å². The molecule has 0 aromatic heterocycles. The number of carbonyl (C=O) groups is 1. The fourth-order valence-electron chi connectivity index (χ4n) is 1.60. The molecule has 8 heteroatoms. The highest BCUT2D eigenvalue weighted by Crippen LogP contribution is 2.30. The van der Waals surface area contributed by atoms with E-state index in [2.05, 4.69) is 0 Å². The first-order valence-electron chi connectivity index (χ1n) is 5.53. The van der Waals surface area contributed by atoms with Crippen molar-refractivity contribution >= 4 is 11.7 Å². The molecule has 0 fully saturated rings. The molecule has 2 aromatic carbocycles. The van der Waals surface area contributed by atoms with Gasteiger partial charge in [0.2, 0.25) is 5.82 Å². The highest BCUT2D eigenvalue weighted by atomic mass is 19.1. The predicted octanol–water partition coefficient (Wildman–Crippen LogP) is 3.36. The van der Waals surface area contributed by atoms with Gasteiger partial charge in [-0.3, -0.25) is 10.1 Å². The highest BCUT2D eigenvalue weighted by Gasteiger charge is 2.19. The SMILES string of the molecule is O=C(O)c1cccc(F)c1Oc1ccc([N+](=O)[O-])c(F)c1. The van der Waals surface area contributed by atoms with Gasteiger partial charge in [-0.25, -0.2) is 9.18 Å². The smallest absolute Gasteiger partial charge is 0.339 e. The first-order valence-corrected chi connectivity index (χ1v) is 5.53. The lowest BCUT2D eigenvalue weighted by Crippen LogP contribution is -2.02. The zero-order valence-electron chi connectivity index (χ0n) is 10.2. The summed E-state index contributed by atoms with van der Waals surface area (Å²) in [7, 11) is 0. The molecule has 1 N–H and O–H groups in total. The molecule has 108 valence electrons. The maximum Gasteiger partial charge on any atom is 0.339 e. The van der Waals surface area contributed by atoms with E-state index in [-0.39, 0.29) is 5.75 Å². The topological polar surface area (TPSA) is 89.7 Å². The Hall–Kier alpha value is -3.03. The summed E-state index contributed by atoms with van der Waals surface area (Å²) in [5, 5.41) is 19.4. The van der Waals surface area contributed by atoms with Gasteiger partial charge in [0.1, 0.15) is 11.3 Å². The van der Waals surface area contributed by atoms with Crippen molar-refractivity contribution in [3.05, 3.63) is 63.7 Å². The Kier molecular flexibility index (Phi) is 3.79. The number of carboxylic acids is 1. The van der Waals surface area contributed by atoms with Crippen molar-refractivity contribution in [1.82, 2.24) is 0 Å². The predicted molar refractivity (Wildman–Crippen MR) is 66.5 cm³/mol. The van der Waals surface area contributed by atoms with E-state index in [0.29, 0.717) is 6.07 Å². The van der Waals surface area contributed by atoms with Crippen LogP contribution in [0.2, 0.25) is 0 Å². The molecule has 2 aromatic rings. The van der Waals surface area contributed by atoms with Gasteiger partial charge in [-0.05, 0) is 18.2 Å². The largest absolute Gasteiger partial charge is 0.478 e. The summed E-state index contributed by atoms with van der Waals surface area (Å²) in [6, 6.07) is 5.83. The number of ether oxygens (including phenoxy) is 1. The molecular formula is C13H7F2NO5. The van der Waals surface area contributed by atoms with Crippen LogP contribution in [0.25, 0.3) is 0 Å². The Morgan fingerprint density at radius 2 is 1.90 bits per heavy atom. The zero-order chi connectivity index (χ0) is 15.6. The minimum atomic E-state index is -1.42. The standard InChI is InChI=1S/C13H7F2NO5/c14-9-3-1-2-8(13(17)18)12(9)21-7-4-5-11(16(19)20)10(15)6-7/h1-6H,(H,17,18). The summed E-state index contributed by atoms with van der Waals surface area (Å²) in [6.45, 7) is 0. The number of carboxylic acid groups (broad SMARTS) is 1. The molecule has 0 saturated carbocycles. The van der Waals surface area contributed by atoms with Crippen molar-refractivity contribution in [3.8, 4) is 11.5 Å². The van der Waals surface area contributed by atoms with Crippen molar-refractivity contribution in [3.63, 3.8) is 0 Å². The van der Waals surface area contributed by atoms with Crippen molar-refractivity contribution in [2.75, 3.05) is 0 Å². The molecule has 0 saturated heterocycles. The molecule has 0 amide bonds. The van der Waals surface area contributed by atoms with Gasteiger partial charge < -0.3 is 9.84 Å². The molecule has 0 bridgehead atoms. The number of hydrogen-bond acceptors (Lipinski definition) is 4. The lowest BCUT2D eigenvalue weighted by atomic mass is 10.2. The van der Waals surface area contributed by atoms with Crippen LogP contribution in [-0.2, 0) is 0 Å². The average Bonchev–Trinajstić information content (AvgIpc) is 2.40. The molecule has 0 spiro atoms. The van der Waals surface area contributed by atoms with Crippen LogP contribution in [0.5, 0.6) is 11.5 Å². The molecule has 2 rings (SSSR count). The van der Waals surface area contributed by atoms with Gasteiger partial charge in [0.15, 0.2) is 11.6 Å². The van der Waals surface area contributed by atoms with E-state index in [1.807, 2.05) is 0 Å². The van der Waals surface area contributed by atoms with Crippen LogP contribution in [-0.4, -0.2) is 16.0 Å². The second kappa shape index (κ2) is 5.53. The molecular weight excluding hydrogens is 288 g/mol.